The molecule has 0 spiro atoms. The average Bonchev–Trinajstić information content (AvgIpc) is 3.51. The second-order valence-electron chi connectivity index (χ2n) is 7.10. The molecule has 0 aliphatic rings. The van der Waals surface area contributed by atoms with E-state index in [0.29, 0.717) is 16.1 Å². The molecule has 9 heteroatoms. The van der Waals surface area contributed by atoms with Gasteiger partial charge in [0.1, 0.15) is 5.76 Å². The van der Waals surface area contributed by atoms with E-state index in [1.807, 2.05) is 79.1 Å². The Hall–Kier alpha value is -3.43. The topological polar surface area (TPSA) is 85.8 Å². The first-order chi connectivity index (χ1) is 15.6. The van der Waals surface area contributed by atoms with Crippen molar-refractivity contribution in [1.29, 1.82) is 0 Å². The lowest BCUT2D eigenvalue weighted by atomic mass is 10.2. The molecule has 1 amide bonds. The summed E-state index contributed by atoms with van der Waals surface area (Å²) in [6, 6.07) is 19.5. The number of para-hydroxylation sites is 2. The van der Waals surface area contributed by atoms with Gasteiger partial charge in [-0.1, -0.05) is 53.4 Å². The van der Waals surface area contributed by atoms with E-state index in [4.69, 9.17) is 4.42 Å². The molecule has 1 N–H and O–H groups in total. The zero-order valence-corrected chi connectivity index (χ0v) is 19.0. The fourth-order valence-electron chi connectivity index (χ4n) is 3.29. The number of carbonyl (C=O) groups is 1. The molecule has 0 saturated heterocycles. The first-order valence-corrected chi connectivity index (χ1v) is 11.7. The highest BCUT2D eigenvalue weighted by Crippen LogP contribution is 2.32. The summed E-state index contributed by atoms with van der Waals surface area (Å²) in [6.07, 6.45) is 1.63. The van der Waals surface area contributed by atoms with Crippen LogP contribution in [0.5, 0.6) is 0 Å². The number of nitrogens with zero attached hydrogens (tertiary/aromatic N) is 4. The minimum atomic E-state index is -0.410. The van der Waals surface area contributed by atoms with Crippen LogP contribution < -0.4 is 5.32 Å². The first-order valence-electron chi connectivity index (χ1n) is 9.98. The molecule has 3 aromatic heterocycles. The maximum absolute atomic E-state index is 12.9. The van der Waals surface area contributed by atoms with Crippen molar-refractivity contribution in [2.24, 2.45) is 0 Å². The van der Waals surface area contributed by atoms with Gasteiger partial charge in [0, 0.05) is 5.69 Å². The molecule has 7 nitrogen and oxygen atoms in total. The summed E-state index contributed by atoms with van der Waals surface area (Å²) in [5, 5.41) is 12.5. The minimum Gasteiger partial charge on any atom is -0.469 e. The summed E-state index contributed by atoms with van der Waals surface area (Å²) in [7, 11) is 0. The summed E-state index contributed by atoms with van der Waals surface area (Å²) in [4.78, 5) is 17.4. The molecule has 0 aliphatic heterocycles. The number of fused-ring (bicyclic) bond motifs is 1. The molecular weight excluding hydrogens is 442 g/mol. The highest BCUT2D eigenvalue weighted by atomic mass is 32.2. The number of thioether (sulfide) groups is 1. The van der Waals surface area contributed by atoms with Gasteiger partial charge in [0.25, 0.3) is 0 Å². The molecule has 160 valence electrons. The molecule has 5 rings (SSSR count). The van der Waals surface area contributed by atoms with Crippen LogP contribution in [-0.2, 0) is 4.79 Å². The van der Waals surface area contributed by atoms with E-state index >= 15 is 0 Å². The smallest absolute Gasteiger partial charge is 0.239 e. The van der Waals surface area contributed by atoms with Crippen LogP contribution in [0.2, 0.25) is 0 Å². The molecule has 2 aromatic carbocycles. The predicted octanol–water partition coefficient (Wildman–Crippen LogP) is 5.56. The highest BCUT2D eigenvalue weighted by molar-refractivity contribution is 8.00. The molecule has 0 aliphatic carbocycles. The molecule has 5 aromatic rings. The van der Waals surface area contributed by atoms with Gasteiger partial charge in [-0.05, 0) is 44.2 Å². The van der Waals surface area contributed by atoms with Crippen LogP contribution in [0.4, 0.5) is 5.13 Å². The highest BCUT2D eigenvalue weighted by Gasteiger charge is 2.23. The van der Waals surface area contributed by atoms with E-state index in [1.54, 1.807) is 6.26 Å². The number of aryl methyl sites for hydroxylation is 1. The SMILES string of the molecule is Cc1occc1-c1nnc(SC(C)C(=O)Nc2nc3ccccc3s2)n1-c1ccccc1. The predicted molar refractivity (Wildman–Crippen MR) is 127 cm³/mol. The number of rotatable bonds is 6. The fourth-order valence-corrected chi connectivity index (χ4v) is 5.03. The lowest BCUT2D eigenvalue weighted by Crippen LogP contribution is -2.22. The second-order valence-corrected chi connectivity index (χ2v) is 9.44. The van der Waals surface area contributed by atoms with Gasteiger partial charge in [0.05, 0.1) is 27.3 Å². The van der Waals surface area contributed by atoms with Gasteiger partial charge in [0.2, 0.25) is 5.91 Å². The van der Waals surface area contributed by atoms with Gasteiger partial charge in [-0.25, -0.2) is 4.98 Å². The third-order valence-electron chi connectivity index (χ3n) is 4.92. The van der Waals surface area contributed by atoms with Crippen molar-refractivity contribution in [1.82, 2.24) is 19.7 Å². The van der Waals surface area contributed by atoms with Crippen LogP contribution in [0.25, 0.3) is 27.3 Å². The van der Waals surface area contributed by atoms with Gasteiger partial charge >= 0.3 is 0 Å². The number of amides is 1. The Bertz CT molecular complexity index is 1360. The lowest BCUT2D eigenvalue weighted by Gasteiger charge is -2.13. The van der Waals surface area contributed by atoms with E-state index in [9.17, 15) is 4.79 Å². The number of benzene rings is 2. The van der Waals surface area contributed by atoms with Crippen molar-refractivity contribution < 1.29 is 9.21 Å². The maximum Gasteiger partial charge on any atom is 0.239 e. The molecule has 0 radical (unpaired) electrons. The van der Waals surface area contributed by atoms with Crippen molar-refractivity contribution in [2.75, 3.05) is 5.32 Å². The Balaban J connectivity index is 1.42. The zero-order valence-electron chi connectivity index (χ0n) is 17.4. The van der Waals surface area contributed by atoms with Crippen molar-refractivity contribution in [3.63, 3.8) is 0 Å². The third-order valence-corrected chi connectivity index (χ3v) is 6.92. The minimum absolute atomic E-state index is 0.141. The number of aromatic nitrogens is 4. The number of thiazole rings is 1. The third kappa shape index (κ3) is 3.92. The van der Waals surface area contributed by atoms with E-state index in [1.165, 1.54) is 23.1 Å². The van der Waals surface area contributed by atoms with Gasteiger partial charge < -0.3 is 9.73 Å². The summed E-state index contributed by atoms with van der Waals surface area (Å²) >= 11 is 2.80. The van der Waals surface area contributed by atoms with Crippen LogP contribution in [-0.4, -0.2) is 30.9 Å². The van der Waals surface area contributed by atoms with Crippen molar-refractivity contribution in [3.05, 3.63) is 72.7 Å². The Morgan fingerprint density at radius 2 is 1.88 bits per heavy atom. The first kappa shape index (κ1) is 20.5. The Morgan fingerprint density at radius 3 is 2.62 bits per heavy atom. The normalized spacial score (nSPS) is 12.2. The largest absolute Gasteiger partial charge is 0.469 e. The maximum atomic E-state index is 12.9. The molecule has 0 saturated carbocycles. The van der Waals surface area contributed by atoms with E-state index in [2.05, 4.69) is 20.5 Å². The Morgan fingerprint density at radius 1 is 1.09 bits per heavy atom. The average molecular weight is 462 g/mol. The van der Waals surface area contributed by atoms with Gasteiger partial charge in [-0.2, -0.15) is 0 Å². The van der Waals surface area contributed by atoms with Gasteiger partial charge in [-0.15, -0.1) is 10.2 Å². The van der Waals surface area contributed by atoms with Crippen molar-refractivity contribution in [2.45, 2.75) is 24.3 Å². The van der Waals surface area contributed by atoms with Gasteiger partial charge in [0.15, 0.2) is 16.1 Å². The monoisotopic (exact) mass is 461 g/mol. The fraction of sp³-hybridized carbons (Fsp3) is 0.130. The summed E-state index contributed by atoms with van der Waals surface area (Å²) in [5.74, 6) is 1.29. The molecule has 3 heterocycles. The Kier molecular flexibility index (Phi) is 5.50. The van der Waals surface area contributed by atoms with Crippen LogP contribution in [0.15, 0.2) is 76.5 Å². The summed E-state index contributed by atoms with van der Waals surface area (Å²) in [5.41, 5.74) is 2.64. The molecule has 1 atom stereocenters. The van der Waals surface area contributed by atoms with Crippen LogP contribution in [0, 0.1) is 6.92 Å². The standard InChI is InChI=1S/C23H19N5O2S2/c1-14-17(12-13-30-14)20-26-27-23(28(20)16-8-4-3-5-9-16)31-15(2)21(29)25-22-24-18-10-6-7-11-19(18)32-22/h3-13,15H,1-2H3,(H,24,25,29). The number of anilines is 1. The zero-order chi connectivity index (χ0) is 22.1. The van der Waals surface area contributed by atoms with Crippen LogP contribution in [0.1, 0.15) is 12.7 Å². The summed E-state index contributed by atoms with van der Waals surface area (Å²) < 4.78 is 8.45. The molecular formula is C23H19N5O2S2. The van der Waals surface area contributed by atoms with Crippen molar-refractivity contribution in [3.8, 4) is 17.1 Å². The van der Waals surface area contributed by atoms with Crippen LogP contribution >= 0.6 is 23.1 Å². The van der Waals surface area contributed by atoms with Crippen molar-refractivity contribution >= 4 is 44.4 Å². The number of carbonyl (C=O) groups excluding carboxylic acids is 1. The number of hydrogen-bond acceptors (Lipinski definition) is 7. The number of furan rings is 1. The number of hydrogen-bond donors (Lipinski definition) is 1. The molecule has 0 bridgehead atoms. The van der Waals surface area contributed by atoms with E-state index < -0.39 is 5.25 Å². The van der Waals surface area contributed by atoms with Crippen LogP contribution in [0.3, 0.4) is 0 Å². The second kappa shape index (κ2) is 8.60. The van der Waals surface area contributed by atoms with E-state index in [-0.39, 0.29) is 5.91 Å². The van der Waals surface area contributed by atoms with Gasteiger partial charge in [-0.3, -0.25) is 9.36 Å². The molecule has 1 unspecified atom stereocenters. The quantitative estimate of drug-likeness (QED) is 0.333. The summed E-state index contributed by atoms with van der Waals surface area (Å²) in [6.45, 7) is 3.74. The molecule has 0 fully saturated rings. The molecule has 32 heavy (non-hydrogen) atoms. The number of nitrogens with one attached hydrogen (secondary N) is 1. The lowest BCUT2D eigenvalue weighted by molar-refractivity contribution is -0.115. The van der Waals surface area contributed by atoms with E-state index in [0.717, 1.165) is 27.2 Å². The Labute approximate surface area is 192 Å².